The molecule has 1 aromatic carbocycles. The molecule has 90 valence electrons. The van der Waals surface area contributed by atoms with Crippen LogP contribution in [0.5, 0.6) is 0 Å². The van der Waals surface area contributed by atoms with Crippen LogP contribution in [0.1, 0.15) is 22.2 Å². The van der Waals surface area contributed by atoms with Crippen LogP contribution in [0.2, 0.25) is 0 Å². The van der Waals surface area contributed by atoms with Crippen molar-refractivity contribution >= 4 is 27.5 Å². The molecule has 0 saturated carbocycles. The highest BCUT2D eigenvalue weighted by Gasteiger charge is 2.21. The summed E-state index contributed by atoms with van der Waals surface area (Å²) in [5.74, 6) is -0.250. The lowest BCUT2D eigenvalue weighted by Gasteiger charge is -2.16. The molecule has 3 nitrogen and oxygen atoms in total. The van der Waals surface area contributed by atoms with Crippen LogP contribution in [0, 0.1) is 12.7 Å². The highest BCUT2D eigenvalue weighted by molar-refractivity contribution is 9.10. The maximum absolute atomic E-state index is 14.0. The third-order valence-corrected chi connectivity index (χ3v) is 4.03. The number of hydrogen-bond donors (Lipinski definition) is 1. The van der Waals surface area contributed by atoms with Crippen molar-refractivity contribution in [1.82, 2.24) is 14.9 Å². The van der Waals surface area contributed by atoms with Crippen molar-refractivity contribution in [2.24, 2.45) is 0 Å². The van der Waals surface area contributed by atoms with E-state index in [9.17, 15) is 4.39 Å². The fourth-order valence-corrected chi connectivity index (χ4v) is 2.83. The Kier molecular flexibility index (Phi) is 3.86. The number of nitrogens with zero attached hydrogens (tertiary/aromatic N) is 2. The second-order valence-corrected chi connectivity index (χ2v) is 5.23. The summed E-state index contributed by atoms with van der Waals surface area (Å²) >= 11 is 4.48. The van der Waals surface area contributed by atoms with Crippen LogP contribution in [0.25, 0.3) is 0 Å². The Morgan fingerprint density at radius 2 is 2.24 bits per heavy atom. The van der Waals surface area contributed by atoms with Crippen LogP contribution in [0.3, 0.4) is 0 Å². The molecule has 0 amide bonds. The largest absolute Gasteiger partial charge is 0.308 e. The van der Waals surface area contributed by atoms with Crippen molar-refractivity contribution in [2.75, 3.05) is 7.05 Å². The Morgan fingerprint density at radius 3 is 2.82 bits per heavy atom. The number of nitrogens with one attached hydrogen (secondary N) is 1. The van der Waals surface area contributed by atoms with Gasteiger partial charge in [0, 0.05) is 5.56 Å². The second kappa shape index (κ2) is 5.20. The van der Waals surface area contributed by atoms with Crippen LogP contribution in [-0.4, -0.2) is 16.6 Å². The first-order valence-electron chi connectivity index (χ1n) is 5.05. The van der Waals surface area contributed by atoms with Gasteiger partial charge in [0.25, 0.3) is 0 Å². The molecular formula is C11H11BrFN3S. The SMILES string of the molecule is CNC(c1cccc(Br)c1F)c1snnc1C. The zero-order valence-corrected chi connectivity index (χ0v) is 11.8. The van der Waals surface area contributed by atoms with E-state index in [0.29, 0.717) is 10.0 Å². The number of rotatable bonds is 3. The van der Waals surface area contributed by atoms with Gasteiger partial charge in [-0.25, -0.2) is 4.39 Å². The van der Waals surface area contributed by atoms with Crippen molar-refractivity contribution in [1.29, 1.82) is 0 Å². The van der Waals surface area contributed by atoms with Crippen molar-refractivity contribution < 1.29 is 4.39 Å². The summed E-state index contributed by atoms with van der Waals surface area (Å²) in [6.07, 6.45) is 0. The van der Waals surface area contributed by atoms with E-state index in [0.717, 1.165) is 10.6 Å². The third-order valence-electron chi connectivity index (χ3n) is 2.53. The summed E-state index contributed by atoms with van der Waals surface area (Å²) in [7, 11) is 1.80. The van der Waals surface area contributed by atoms with Gasteiger partial charge in [-0.05, 0) is 47.5 Å². The maximum atomic E-state index is 14.0. The molecular weight excluding hydrogens is 305 g/mol. The lowest BCUT2D eigenvalue weighted by molar-refractivity contribution is 0.573. The molecule has 0 aliphatic rings. The fourth-order valence-electron chi connectivity index (χ4n) is 1.67. The Labute approximate surface area is 111 Å². The van der Waals surface area contributed by atoms with Gasteiger partial charge >= 0.3 is 0 Å². The summed E-state index contributed by atoms with van der Waals surface area (Å²) in [5, 5.41) is 7.06. The fraction of sp³-hybridized carbons (Fsp3) is 0.273. The Bertz CT molecular complexity index is 529. The Balaban J connectivity index is 2.50. The van der Waals surface area contributed by atoms with Crippen molar-refractivity contribution in [3.05, 3.63) is 44.6 Å². The molecule has 1 heterocycles. The standard InChI is InChI=1S/C11H11BrFN3S/c1-6-11(17-16-15-6)10(14-2)7-4-3-5-8(12)9(7)13/h3-5,10,14H,1-2H3. The maximum Gasteiger partial charge on any atom is 0.142 e. The molecule has 17 heavy (non-hydrogen) atoms. The van der Waals surface area contributed by atoms with E-state index < -0.39 is 0 Å². The van der Waals surface area contributed by atoms with Crippen molar-refractivity contribution in [3.8, 4) is 0 Å². The van der Waals surface area contributed by atoms with Gasteiger partial charge in [-0.3, -0.25) is 0 Å². The van der Waals surface area contributed by atoms with Crippen LogP contribution in [-0.2, 0) is 0 Å². The van der Waals surface area contributed by atoms with E-state index in [-0.39, 0.29) is 11.9 Å². The summed E-state index contributed by atoms with van der Waals surface area (Å²) in [6, 6.07) is 5.05. The first-order valence-corrected chi connectivity index (χ1v) is 6.61. The molecule has 1 atom stereocenters. The molecule has 0 aliphatic carbocycles. The predicted molar refractivity (Wildman–Crippen MR) is 69.6 cm³/mol. The van der Waals surface area contributed by atoms with Crippen molar-refractivity contribution in [3.63, 3.8) is 0 Å². The molecule has 1 unspecified atom stereocenters. The summed E-state index contributed by atoms with van der Waals surface area (Å²) in [4.78, 5) is 0.935. The average Bonchev–Trinajstić information content (AvgIpc) is 2.72. The molecule has 0 saturated heterocycles. The molecule has 2 aromatic rings. The smallest absolute Gasteiger partial charge is 0.142 e. The predicted octanol–water partition coefficient (Wildman–Crippen LogP) is 3.06. The van der Waals surface area contributed by atoms with Gasteiger partial charge in [0.05, 0.1) is 21.1 Å². The number of halogens is 2. The first kappa shape index (κ1) is 12.6. The van der Waals surface area contributed by atoms with Crippen LogP contribution < -0.4 is 5.32 Å². The van der Waals surface area contributed by atoms with E-state index >= 15 is 0 Å². The third kappa shape index (κ3) is 2.38. The minimum Gasteiger partial charge on any atom is -0.308 e. The van der Waals surface area contributed by atoms with Gasteiger partial charge in [-0.2, -0.15) is 0 Å². The summed E-state index contributed by atoms with van der Waals surface area (Å²) < 4.78 is 18.4. The van der Waals surface area contributed by atoms with Crippen LogP contribution >= 0.6 is 27.5 Å². The quantitative estimate of drug-likeness (QED) is 0.946. The highest BCUT2D eigenvalue weighted by atomic mass is 79.9. The van der Waals surface area contributed by atoms with Gasteiger partial charge in [0.1, 0.15) is 5.82 Å². The molecule has 2 rings (SSSR count). The lowest BCUT2D eigenvalue weighted by Crippen LogP contribution is -2.18. The molecule has 0 aliphatic heterocycles. The van der Waals surface area contributed by atoms with Gasteiger partial charge in [-0.1, -0.05) is 16.6 Å². The lowest BCUT2D eigenvalue weighted by atomic mass is 10.0. The molecule has 1 N–H and O–H groups in total. The number of hydrogen-bond acceptors (Lipinski definition) is 4. The van der Waals surface area contributed by atoms with Gasteiger partial charge in [0.15, 0.2) is 0 Å². The molecule has 0 bridgehead atoms. The minimum absolute atomic E-state index is 0.215. The zero-order valence-electron chi connectivity index (χ0n) is 9.37. The van der Waals surface area contributed by atoms with E-state index in [4.69, 9.17) is 0 Å². The van der Waals surface area contributed by atoms with E-state index in [1.165, 1.54) is 11.5 Å². The van der Waals surface area contributed by atoms with Gasteiger partial charge in [0.2, 0.25) is 0 Å². The Morgan fingerprint density at radius 1 is 1.47 bits per heavy atom. The number of benzene rings is 1. The monoisotopic (exact) mass is 315 g/mol. The van der Waals surface area contributed by atoms with Crippen LogP contribution in [0.15, 0.2) is 22.7 Å². The molecule has 0 spiro atoms. The van der Waals surface area contributed by atoms with Gasteiger partial charge < -0.3 is 5.32 Å². The average molecular weight is 316 g/mol. The highest BCUT2D eigenvalue weighted by Crippen LogP contribution is 2.30. The van der Waals surface area contributed by atoms with E-state index in [1.54, 1.807) is 19.2 Å². The first-order chi connectivity index (χ1) is 8.15. The van der Waals surface area contributed by atoms with Crippen LogP contribution in [0.4, 0.5) is 4.39 Å². The topological polar surface area (TPSA) is 37.8 Å². The molecule has 0 fully saturated rings. The normalized spacial score (nSPS) is 12.7. The second-order valence-electron chi connectivity index (χ2n) is 3.59. The van der Waals surface area contributed by atoms with E-state index in [1.807, 2.05) is 13.0 Å². The zero-order chi connectivity index (χ0) is 12.4. The Hall–Kier alpha value is -0.850. The molecule has 1 aromatic heterocycles. The van der Waals surface area contributed by atoms with E-state index in [2.05, 4.69) is 30.8 Å². The number of aryl methyl sites for hydroxylation is 1. The minimum atomic E-state index is -0.250. The molecule has 6 heteroatoms. The summed E-state index contributed by atoms with van der Waals surface area (Å²) in [6.45, 7) is 1.87. The van der Waals surface area contributed by atoms with Gasteiger partial charge in [-0.15, -0.1) is 5.10 Å². The number of aromatic nitrogens is 2. The summed E-state index contributed by atoms with van der Waals surface area (Å²) in [5.41, 5.74) is 1.42. The van der Waals surface area contributed by atoms with Crippen molar-refractivity contribution in [2.45, 2.75) is 13.0 Å². The molecule has 0 radical (unpaired) electrons.